The number of nitrogens with zero attached hydrogens (tertiary/aromatic N) is 4. The van der Waals surface area contributed by atoms with Crippen LogP contribution in [-0.2, 0) is 0 Å². The first kappa shape index (κ1) is 10.9. The van der Waals surface area contributed by atoms with Gasteiger partial charge in [-0.1, -0.05) is 0 Å². The molecule has 0 aliphatic carbocycles. The molecule has 2 aromatic heterocycles. The quantitative estimate of drug-likeness (QED) is 0.717. The zero-order valence-corrected chi connectivity index (χ0v) is 9.18. The van der Waals surface area contributed by atoms with Gasteiger partial charge in [0.25, 0.3) is 0 Å². The minimum atomic E-state index is -0.0832. The number of pyridine rings is 1. The van der Waals surface area contributed by atoms with Crippen LogP contribution in [0.15, 0.2) is 18.5 Å². The number of nitrogen functional groups attached to an aromatic ring is 1. The van der Waals surface area contributed by atoms with E-state index in [1.807, 2.05) is 13.0 Å². The fraction of sp³-hybridized carbons (Fsp3) is 0.200. The molecule has 0 radical (unpaired) electrons. The summed E-state index contributed by atoms with van der Waals surface area (Å²) in [7, 11) is 0. The summed E-state index contributed by atoms with van der Waals surface area (Å²) in [5.74, 6) is 1.27. The van der Waals surface area contributed by atoms with E-state index in [9.17, 15) is 0 Å². The molecule has 2 rings (SSSR count). The molecule has 0 saturated heterocycles. The van der Waals surface area contributed by atoms with Crippen molar-refractivity contribution in [3.8, 4) is 6.07 Å². The number of nitrogens with two attached hydrogens (primary N) is 1. The summed E-state index contributed by atoms with van der Waals surface area (Å²) >= 11 is 0. The molecular formula is C10H11N7. The van der Waals surface area contributed by atoms with Crippen LogP contribution in [0.2, 0.25) is 0 Å². The van der Waals surface area contributed by atoms with Crippen molar-refractivity contribution >= 4 is 11.5 Å². The highest BCUT2D eigenvalue weighted by molar-refractivity contribution is 5.54. The SMILES string of the molecule is CC(Nc1ccc(N)c(C#N)n1)c1ncn[nH]1. The number of hydrogen-bond acceptors (Lipinski definition) is 6. The highest BCUT2D eigenvalue weighted by Gasteiger charge is 2.09. The molecule has 0 spiro atoms. The Bertz CT molecular complexity index is 540. The number of aromatic amines is 1. The molecule has 0 aromatic carbocycles. The van der Waals surface area contributed by atoms with E-state index in [4.69, 9.17) is 11.0 Å². The third-order valence-corrected chi connectivity index (χ3v) is 2.24. The van der Waals surface area contributed by atoms with Crippen LogP contribution in [0, 0.1) is 11.3 Å². The molecule has 2 heterocycles. The third-order valence-electron chi connectivity index (χ3n) is 2.24. The Morgan fingerprint density at radius 2 is 2.35 bits per heavy atom. The smallest absolute Gasteiger partial charge is 0.165 e. The number of aromatic nitrogens is 4. The second-order valence-electron chi connectivity index (χ2n) is 3.48. The summed E-state index contributed by atoms with van der Waals surface area (Å²) in [6.07, 6.45) is 1.44. The normalized spacial score (nSPS) is 11.8. The summed E-state index contributed by atoms with van der Waals surface area (Å²) in [4.78, 5) is 8.11. The lowest BCUT2D eigenvalue weighted by atomic mass is 10.3. The maximum atomic E-state index is 8.81. The Morgan fingerprint density at radius 1 is 1.53 bits per heavy atom. The van der Waals surface area contributed by atoms with E-state index in [0.717, 1.165) is 0 Å². The Hall–Kier alpha value is -2.62. The largest absolute Gasteiger partial charge is 0.396 e. The minimum Gasteiger partial charge on any atom is -0.396 e. The van der Waals surface area contributed by atoms with E-state index < -0.39 is 0 Å². The number of rotatable bonds is 3. The molecule has 7 heteroatoms. The van der Waals surface area contributed by atoms with Gasteiger partial charge in [-0.2, -0.15) is 10.4 Å². The van der Waals surface area contributed by atoms with Gasteiger partial charge >= 0.3 is 0 Å². The Kier molecular flexibility index (Phi) is 2.87. The van der Waals surface area contributed by atoms with Gasteiger partial charge in [0, 0.05) is 0 Å². The predicted octanol–water partition coefficient (Wildman–Crippen LogP) is 0.827. The van der Waals surface area contributed by atoms with Crippen molar-refractivity contribution in [1.82, 2.24) is 20.2 Å². The van der Waals surface area contributed by atoms with E-state index in [0.29, 0.717) is 17.3 Å². The Morgan fingerprint density at radius 3 is 3.00 bits per heavy atom. The number of anilines is 2. The van der Waals surface area contributed by atoms with Crippen LogP contribution in [0.4, 0.5) is 11.5 Å². The maximum Gasteiger partial charge on any atom is 0.165 e. The lowest BCUT2D eigenvalue weighted by molar-refractivity contribution is 0.790. The van der Waals surface area contributed by atoms with Gasteiger partial charge in [0.1, 0.15) is 24.0 Å². The Labute approximate surface area is 97.7 Å². The zero-order chi connectivity index (χ0) is 12.3. The van der Waals surface area contributed by atoms with Crippen molar-refractivity contribution < 1.29 is 0 Å². The van der Waals surface area contributed by atoms with Crippen LogP contribution in [0.25, 0.3) is 0 Å². The van der Waals surface area contributed by atoms with Gasteiger partial charge in [0.15, 0.2) is 5.69 Å². The highest BCUT2D eigenvalue weighted by atomic mass is 15.2. The van der Waals surface area contributed by atoms with Crippen LogP contribution in [0.3, 0.4) is 0 Å². The summed E-state index contributed by atoms with van der Waals surface area (Å²) in [5.41, 5.74) is 6.16. The number of nitriles is 1. The van der Waals surface area contributed by atoms with E-state index in [2.05, 4.69) is 25.5 Å². The average molecular weight is 229 g/mol. The monoisotopic (exact) mass is 229 g/mol. The van der Waals surface area contributed by atoms with E-state index in [1.54, 1.807) is 12.1 Å². The fourth-order valence-electron chi connectivity index (χ4n) is 1.35. The number of nitrogens with one attached hydrogen (secondary N) is 2. The molecule has 17 heavy (non-hydrogen) atoms. The predicted molar refractivity (Wildman–Crippen MR) is 61.8 cm³/mol. The van der Waals surface area contributed by atoms with Crippen LogP contribution < -0.4 is 11.1 Å². The summed E-state index contributed by atoms with van der Waals surface area (Å²) in [6, 6.07) is 5.20. The first-order valence-corrected chi connectivity index (χ1v) is 4.99. The topological polar surface area (TPSA) is 116 Å². The van der Waals surface area contributed by atoms with Crippen molar-refractivity contribution in [2.24, 2.45) is 0 Å². The van der Waals surface area contributed by atoms with Crippen LogP contribution >= 0.6 is 0 Å². The highest BCUT2D eigenvalue weighted by Crippen LogP contribution is 2.16. The third kappa shape index (κ3) is 2.31. The molecule has 0 fully saturated rings. The summed E-state index contributed by atoms with van der Waals surface area (Å²) in [5, 5.41) is 18.4. The number of H-pyrrole nitrogens is 1. The molecule has 0 saturated carbocycles. The van der Waals surface area contributed by atoms with Crippen LogP contribution in [0.1, 0.15) is 24.5 Å². The van der Waals surface area contributed by atoms with E-state index >= 15 is 0 Å². The van der Waals surface area contributed by atoms with Crippen LogP contribution in [-0.4, -0.2) is 20.2 Å². The van der Waals surface area contributed by atoms with Gasteiger partial charge < -0.3 is 11.1 Å². The van der Waals surface area contributed by atoms with Crippen LogP contribution in [0.5, 0.6) is 0 Å². The molecule has 7 nitrogen and oxygen atoms in total. The molecule has 1 atom stereocenters. The van der Waals surface area contributed by atoms with Crippen molar-refractivity contribution in [3.05, 3.63) is 30.0 Å². The molecular weight excluding hydrogens is 218 g/mol. The standard InChI is InChI=1S/C10H11N7/c1-6(10-13-5-14-17-10)15-9-3-2-7(12)8(4-11)16-9/h2-3,5-6H,12H2,1H3,(H,15,16)(H,13,14,17). The van der Waals surface area contributed by atoms with E-state index in [1.165, 1.54) is 6.33 Å². The maximum absolute atomic E-state index is 8.81. The van der Waals surface area contributed by atoms with Gasteiger partial charge in [0.05, 0.1) is 11.7 Å². The molecule has 0 aliphatic rings. The van der Waals surface area contributed by atoms with Crippen molar-refractivity contribution in [1.29, 1.82) is 5.26 Å². The van der Waals surface area contributed by atoms with Crippen molar-refractivity contribution in [3.63, 3.8) is 0 Å². The van der Waals surface area contributed by atoms with Gasteiger partial charge in [0.2, 0.25) is 0 Å². The second kappa shape index (κ2) is 4.49. The molecule has 1 unspecified atom stereocenters. The molecule has 4 N–H and O–H groups in total. The fourth-order valence-corrected chi connectivity index (χ4v) is 1.35. The number of hydrogen-bond donors (Lipinski definition) is 3. The molecule has 0 amide bonds. The van der Waals surface area contributed by atoms with Gasteiger partial charge in [-0.3, -0.25) is 5.10 Å². The first-order chi connectivity index (χ1) is 8.20. The lowest BCUT2D eigenvalue weighted by Gasteiger charge is -2.11. The van der Waals surface area contributed by atoms with Crippen molar-refractivity contribution in [2.75, 3.05) is 11.1 Å². The van der Waals surface area contributed by atoms with E-state index in [-0.39, 0.29) is 11.7 Å². The lowest BCUT2D eigenvalue weighted by Crippen LogP contribution is -2.10. The minimum absolute atomic E-state index is 0.0832. The molecule has 86 valence electrons. The molecule has 0 aliphatic heterocycles. The summed E-state index contributed by atoms with van der Waals surface area (Å²) in [6.45, 7) is 1.91. The molecule has 2 aromatic rings. The van der Waals surface area contributed by atoms with Gasteiger partial charge in [-0.15, -0.1) is 0 Å². The first-order valence-electron chi connectivity index (χ1n) is 4.99. The second-order valence-corrected chi connectivity index (χ2v) is 3.48. The Balaban J connectivity index is 2.17. The molecule has 0 bridgehead atoms. The van der Waals surface area contributed by atoms with Crippen molar-refractivity contribution in [2.45, 2.75) is 13.0 Å². The van der Waals surface area contributed by atoms with Gasteiger partial charge in [-0.05, 0) is 19.1 Å². The zero-order valence-electron chi connectivity index (χ0n) is 9.18. The van der Waals surface area contributed by atoms with Gasteiger partial charge in [-0.25, -0.2) is 9.97 Å². The summed E-state index contributed by atoms with van der Waals surface area (Å²) < 4.78 is 0. The average Bonchev–Trinajstić information content (AvgIpc) is 2.85.